The number of ether oxygens (including phenoxy) is 2. The van der Waals surface area contributed by atoms with Gasteiger partial charge in [0.1, 0.15) is 0 Å². The Kier molecular flexibility index (Phi) is 5.38. The maximum atomic E-state index is 11.0. The molecule has 0 unspecified atom stereocenters. The van der Waals surface area contributed by atoms with Crippen LogP contribution < -0.4 is 4.90 Å². The molecule has 2 rings (SSSR count). The topological polar surface area (TPSA) is 59.0 Å². The Balaban J connectivity index is 1.84. The largest absolute Gasteiger partial charge is 0.478 e. The van der Waals surface area contributed by atoms with Crippen LogP contribution in [0.15, 0.2) is 18.2 Å². The number of methoxy groups -OCH3 is 1. The van der Waals surface area contributed by atoms with Crippen LogP contribution in [0.3, 0.4) is 0 Å². The SMILES string of the molecule is COCCOCCCN1CCc2ccc(C(=O)O)cc21. The van der Waals surface area contributed by atoms with Crippen molar-refractivity contribution in [2.45, 2.75) is 12.8 Å². The lowest BCUT2D eigenvalue weighted by atomic mass is 10.1. The van der Waals surface area contributed by atoms with Crippen molar-refractivity contribution in [2.75, 3.05) is 44.9 Å². The van der Waals surface area contributed by atoms with Gasteiger partial charge in [-0.2, -0.15) is 0 Å². The molecule has 1 aliphatic heterocycles. The summed E-state index contributed by atoms with van der Waals surface area (Å²) in [5.41, 5.74) is 2.64. The van der Waals surface area contributed by atoms with Gasteiger partial charge in [-0.05, 0) is 30.5 Å². The van der Waals surface area contributed by atoms with Gasteiger partial charge >= 0.3 is 5.97 Å². The maximum absolute atomic E-state index is 11.0. The van der Waals surface area contributed by atoms with Gasteiger partial charge in [0.2, 0.25) is 0 Å². The molecule has 0 amide bonds. The normalized spacial score (nSPS) is 13.6. The number of nitrogens with zero attached hydrogens (tertiary/aromatic N) is 1. The number of fused-ring (bicyclic) bond motifs is 1. The van der Waals surface area contributed by atoms with Gasteiger partial charge in [-0.25, -0.2) is 4.79 Å². The first-order valence-electron chi connectivity index (χ1n) is 6.90. The molecule has 0 saturated carbocycles. The van der Waals surface area contributed by atoms with Crippen molar-refractivity contribution in [3.05, 3.63) is 29.3 Å². The molecule has 1 aliphatic rings. The fraction of sp³-hybridized carbons (Fsp3) is 0.533. The van der Waals surface area contributed by atoms with Gasteiger partial charge in [-0.3, -0.25) is 0 Å². The van der Waals surface area contributed by atoms with E-state index < -0.39 is 5.97 Å². The van der Waals surface area contributed by atoms with E-state index in [-0.39, 0.29) is 0 Å². The van der Waals surface area contributed by atoms with E-state index in [9.17, 15) is 4.79 Å². The zero-order valence-corrected chi connectivity index (χ0v) is 11.8. The van der Waals surface area contributed by atoms with E-state index >= 15 is 0 Å². The molecule has 1 N–H and O–H groups in total. The summed E-state index contributed by atoms with van der Waals surface area (Å²) in [6.07, 6.45) is 1.92. The number of carbonyl (C=O) groups is 1. The van der Waals surface area contributed by atoms with Crippen LogP contribution in [0.1, 0.15) is 22.3 Å². The van der Waals surface area contributed by atoms with Crippen molar-refractivity contribution in [3.8, 4) is 0 Å². The second-order valence-electron chi connectivity index (χ2n) is 4.84. The summed E-state index contributed by atoms with van der Waals surface area (Å²) in [4.78, 5) is 13.3. The summed E-state index contributed by atoms with van der Waals surface area (Å²) in [7, 11) is 1.66. The Morgan fingerprint density at radius 1 is 1.35 bits per heavy atom. The fourth-order valence-corrected chi connectivity index (χ4v) is 2.41. The van der Waals surface area contributed by atoms with E-state index in [0.29, 0.717) is 25.4 Å². The van der Waals surface area contributed by atoms with Crippen molar-refractivity contribution in [2.24, 2.45) is 0 Å². The molecule has 0 bridgehead atoms. The standard InChI is InChI=1S/C15H21NO4/c1-19-9-10-20-8-2-6-16-7-5-12-3-4-13(15(17)18)11-14(12)16/h3-4,11H,2,5-10H2,1H3,(H,17,18). The zero-order valence-electron chi connectivity index (χ0n) is 11.8. The second kappa shape index (κ2) is 7.26. The molecule has 5 heteroatoms. The average Bonchev–Trinajstić information content (AvgIpc) is 2.85. The molecule has 0 aromatic heterocycles. The van der Waals surface area contributed by atoms with Crippen LogP contribution in [0.4, 0.5) is 5.69 Å². The Morgan fingerprint density at radius 2 is 2.20 bits per heavy atom. The van der Waals surface area contributed by atoms with Crippen molar-refractivity contribution >= 4 is 11.7 Å². The summed E-state index contributed by atoms with van der Waals surface area (Å²) in [6, 6.07) is 5.38. The number of rotatable bonds is 8. The predicted octanol–water partition coefficient (Wildman–Crippen LogP) is 1.80. The maximum Gasteiger partial charge on any atom is 0.335 e. The van der Waals surface area contributed by atoms with Crippen LogP contribution in [-0.2, 0) is 15.9 Å². The van der Waals surface area contributed by atoms with Gasteiger partial charge in [0.15, 0.2) is 0 Å². The second-order valence-corrected chi connectivity index (χ2v) is 4.84. The first-order valence-corrected chi connectivity index (χ1v) is 6.90. The van der Waals surface area contributed by atoms with Crippen LogP contribution in [0, 0.1) is 0 Å². The molecular formula is C15H21NO4. The lowest BCUT2D eigenvalue weighted by molar-refractivity contribution is 0.0696. The third kappa shape index (κ3) is 3.71. The third-order valence-electron chi connectivity index (χ3n) is 3.47. The monoisotopic (exact) mass is 279 g/mol. The summed E-state index contributed by atoms with van der Waals surface area (Å²) in [5.74, 6) is -0.873. The highest BCUT2D eigenvalue weighted by Gasteiger charge is 2.20. The Morgan fingerprint density at radius 3 is 2.95 bits per heavy atom. The Bertz CT molecular complexity index is 461. The fourth-order valence-electron chi connectivity index (χ4n) is 2.41. The molecule has 5 nitrogen and oxygen atoms in total. The Hall–Kier alpha value is -1.59. The molecule has 0 saturated heterocycles. The molecule has 1 aromatic rings. The van der Waals surface area contributed by atoms with Gasteiger partial charge in [0.25, 0.3) is 0 Å². The lowest BCUT2D eigenvalue weighted by Crippen LogP contribution is -2.23. The first kappa shape index (κ1) is 14.8. The number of hydrogen-bond donors (Lipinski definition) is 1. The number of hydrogen-bond acceptors (Lipinski definition) is 4. The summed E-state index contributed by atoms with van der Waals surface area (Å²) < 4.78 is 10.4. The van der Waals surface area contributed by atoms with Crippen LogP contribution in [-0.4, -0.2) is 51.1 Å². The first-order chi connectivity index (χ1) is 9.72. The minimum absolute atomic E-state index is 0.354. The lowest BCUT2D eigenvalue weighted by Gasteiger charge is -2.19. The number of carboxylic acid groups (broad SMARTS) is 1. The quantitative estimate of drug-likeness (QED) is 0.735. The third-order valence-corrected chi connectivity index (χ3v) is 3.47. The predicted molar refractivity (Wildman–Crippen MR) is 76.6 cm³/mol. The van der Waals surface area contributed by atoms with E-state index in [4.69, 9.17) is 14.6 Å². The molecule has 0 spiro atoms. The molecule has 0 radical (unpaired) electrons. The van der Waals surface area contributed by atoms with Gasteiger partial charge < -0.3 is 19.5 Å². The molecule has 110 valence electrons. The highest BCUT2D eigenvalue weighted by molar-refractivity contribution is 5.89. The van der Waals surface area contributed by atoms with E-state index in [1.54, 1.807) is 19.2 Å². The number of benzene rings is 1. The number of aromatic carboxylic acids is 1. The Labute approximate surface area is 119 Å². The average molecular weight is 279 g/mol. The minimum atomic E-state index is -0.873. The zero-order chi connectivity index (χ0) is 14.4. The summed E-state index contributed by atoms with van der Waals surface area (Å²) in [6.45, 7) is 3.79. The van der Waals surface area contributed by atoms with Crippen LogP contribution in [0.5, 0.6) is 0 Å². The van der Waals surface area contributed by atoms with Crippen molar-refractivity contribution < 1.29 is 19.4 Å². The molecule has 0 aliphatic carbocycles. The molecule has 20 heavy (non-hydrogen) atoms. The molecule has 0 atom stereocenters. The van der Waals surface area contributed by atoms with Crippen LogP contribution in [0.25, 0.3) is 0 Å². The molecule has 0 fully saturated rings. The molecule has 1 aromatic carbocycles. The van der Waals surface area contributed by atoms with Gasteiger partial charge in [-0.15, -0.1) is 0 Å². The van der Waals surface area contributed by atoms with Gasteiger partial charge in [0, 0.05) is 32.5 Å². The smallest absolute Gasteiger partial charge is 0.335 e. The summed E-state index contributed by atoms with van der Waals surface area (Å²) >= 11 is 0. The molecule has 1 heterocycles. The van der Waals surface area contributed by atoms with Gasteiger partial charge in [-0.1, -0.05) is 6.07 Å². The van der Waals surface area contributed by atoms with E-state index in [1.165, 1.54) is 5.56 Å². The highest BCUT2D eigenvalue weighted by atomic mass is 16.5. The number of anilines is 1. The highest BCUT2D eigenvalue weighted by Crippen LogP contribution is 2.29. The van der Waals surface area contributed by atoms with Crippen molar-refractivity contribution in [1.29, 1.82) is 0 Å². The van der Waals surface area contributed by atoms with E-state index in [2.05, 4.69) is 4.90 Å². The number of carboxylic acids is 1. The summed E-state index contributed by atoms with van der Waals surface area (Å²) in [5, 5.41) is 9.05. The van der Waals surface area contributed by atoms with Crippen LogP contribution >= 0.6 is 0 Å². The van der Waals surface area contributed by atoms with Crippen molar-refractivity contribution in [3.63, 3.8) is 0 Å². The minimum Gasteiger partial charge on any atom is -0.478 e. The van der Waals surface area contributed by atoms with Crippen molar-refractivity contribution in [1.82, 2.24) is 0 Å². The van der Waals surface area contributed by atoms with E-state index in [1.807, 2.05) is 6.07 Å². The van der Waals surface area contributed by atoms with E-state index in [0.717, 1.165) is 31.6 Å². The van der Waals surface area contributed by atoms with Gasteiger partial charge in [0.05, 0.1) is 18.8 Å². The molecular weight excluding hydrogens is 258 g/mol. The van der Waals surface area contributed by atoms with Crippen LogP contribution in [0.2, 0.25) is 0 Å².